The van der Waals surface area contributed by atoms with Crippen LogP contribution in [0, 0.1) is 28.6 Å². The number of rotatable bonds is 9. The Morgan fingerprint density at radius 1 is 0.915 bits per heavy atom. The number of aliphatic hydroxyl groups excluding tert-OH is 4. The molecule has 2 aromatic carbocycles. The zero-order valence-electron chi connectivity index (χ0n) is 34.4. The first-order chi connectivity index (χ1) is 27.4. The van der Waals surface area contributed by atoms with Gasteiger partial charge in [-0.2, -0.15) is 0 Å². The first-order valence-electron chi connectivity index (χ1n) is 19.5. The van der Waals surface area contributed by atoms with Gasteiger partial charge >= 0.3 is 24.0 Å². The Morgan fingerprint density at radius 2 is 1.49 bits per heavy atom. The van der Waals surface area contributed by atoms with Crippen LogP contribution in [-0.4, -0.2) is 115 Å². The lowest BCUT2D eigenvalue weighted by atomic mass is 9.43. The summed E-state index contributed by atoms with van der Waals surface area (Å²) in [7, 11) is 0. The molecule has 3 aliphatic carbocycles. The Hall–Kier alpha value is -4.74. The van der Waals surface area contributed by atoms with Crippen LogP contribution >= 0.6 is 0 Å². The van der Waals surface area contributed by atoms with Gasteiger partial charge in [-0.1, -0.05) is 69.3 Å². The smallest absolute Gasteiger partial charge is 0.408 e. The number of Topliss-reactive ketones (excluding diaryl/α,β-unsaturated/α-hetero) is 2. The van der Waals surface area contributed by atoms with E-state index < -0.39 is 137 Å². The molecule has 0 aliphatic heterocycles. The molecule has 0 radical (unpaired) electrons. The van der Waals surface area contributed by atoms with E-state index in [4.69, 9.17) is 18.9 Å². The van der Waals surface area contributed by atoms with Gasteiger partial charge in [0.2, 0.25) is 11.6 Å². The van der Waals surface area contributed by atoms with Gasteiger partial charge in [0.25, 0.3) is 0 Å². The lowest BCUT2D eigenvalue weighted by molar-refractivity contribution is -0.302. The van der Waals surface area contributed by atoms with Crippen LogP contribution in [0.15, 0.2) is 60.7 Å². The number of ketones is 2. The number of amides is 1. The molecular formula is C43H55NO15. The molecule has 0 spiro atoms. The van der Waals surface area contributed by atoms with Gasteiger partial charge in [-0.05, 0) is 45.4 Å². The van der Waals surface area contributed by atoms with Gasteiger partial charge in [0.05, 0.1) is 41.8 Å². The average molecular weight is 826 g/mol. The summed E-state index contributed by atoms with van der Waals surface area (Å²) < 4.78 is 23.1. The number of nitrogens with one attached hydrogen (secondary N) is 1. The van der Waals surface area contributed by atoms with E-state index in [0.717, 1.165) is 6.92 Å². The zero-order chi connectivity index (χ0) is 44.0. The standard InChI is InChI=1S/C43H55NO15/c1-22-26(56-37(53)32(50)30(24-15-11-9-12-16-24)44-38(54)59-39(3,4)5)20-43(55)35(57-36(52)25-17-13-10-14-18-25)33-41(8,34(51)31(49)29(22)40(43,6)7)27(47)19-28(48)42(33,21-45)58-23(2)46/h9-18,22,26-30,32-33,35,45,47-48,50,55H,19-21H2,1-8H3,(H,44,54)/t22?,26-,27-,28+,29?,30-,32+,33-,35-,41+,42-,43+/m0/s1. The number of alkyl carbamates (subject to hydrolysis) is 1. The van der Waals surface area contributed by atoms with Crippen LogP contribution in [0.3, 0.4) is 0 Å². The first-order valence-corrected chi connectivity index (χ1v) is 19.5. The maximum absolute atomic E-state index is 14.8. The van der Waals surface area contributed by atoms with E-state index in [0.29, 0.717) is 0 Å². The number of carbonyl (C=O) groups excluding carboxylic acids is 6. The molecule has 0 aromatic heterocycles. The number of hydrogen-bond acceptors (Lipinski definition) is 15. The molecule has 59 heavy (non-hydrogen) atoms. The number of hydrogen-bond donors (Lipinski definition) is 6. The highest BCUT2D eigenvalue weighted by atomic mass is 16.6. The van der Waals surface area contributed by atoms with Crippen molar-refractivity contribution in [2.24, 2.45) is 28.6 Å². The van der Waals surface area contributed by atoms with Crippen molar-refractivity contribution in [3.63, 3.8) is 0 Å². The number of benzene rings is 2. The maximum atomic E-state index is 14.8. The van der Waals surface area contributed by atoms with Crippen LogP contribution in [0.25, 0.3) is 0 Å². The number of esters is 3. The van der Waals surface area contributed by atoms with Crippen LogP contribution in [0.4, 0.5) is 4.79 Å². The fourth-order valence-electron chi connectivity index (χ4n) is 9.57. The van der Waals surface area contributed by atoms with Crippen molar-refractivity contribution in [2.75, 3.05) is 6.61 Å². The minimum atomic E-state index is -2.56. The second-order valence-electron chi connectivity index (χ2n) is 17.8. The van der Waals surface area contributed by atoms with E-state index in [1.165, 1.54) is 52.0 Å². The van der Waals surface area contributed by atoms with E-state index in [1.807, 2.05) is 0 Å². The lowest BCUT2D eigenvalue weighted by Crippen LogP contribution is -2.79. The van der Waals surface area contributed by atoms with E-state index in [2.05, 4.69) is 5.32 Å². The number of fused-ring (bicyclic) bond motifs is 3. The largest absolute Gasteiger partial charge is 0.460 e. The molecule has 2 bridgehead atoms. The van der Waals surface area contributed by atoms with Gasteiger partial charge < -0.3 is 49.8 Å². The van der Waals surface area contributed by atoms with Crippen molar-refractivity contribution >= 4 is 35.6 Å². The summed E-state index contributed by atoms with van der Waals surface area (Å²) in [6, 6.07) is 14.0. The summed E-state index contributed by atoms with van der Waals surface area (Å²) in [5.41, 5.74) is -9.93. The highest BCUT2D eigenvalue weighted by molar-refractivity contribution is 6.40. The van der Waals surface area contributed by atoms with E-state index in [-0.39, 0.29) is 11.1 Å². The molecule has 6 N–H and O–H groups in total. The van der Waals surface area contributed by atoms with E-state index in [9.17, 15) is 54.3 Å². The summed E-state index contributed by atoms with van der Waals surface area (Å²) in [6.07, 6.45) is -11.8. The third kappa shape index (κ3) is 8.00. The molecule has 3 fully saturated rings. The molecule has 5 rings (SSSR count). The lowest BCUT2D eigenvalue weighted by Gasteiger charge is -2.65. The minimum absolute atomic E-state index is 0.0321. The predicted molar refractivity (Wildman–Crippen MR) is 206 cm³/mol. The second-order valence-corrected chi connectivity index (χ2v) is 17.8. The van der Waals surface area contributed by atoms with Crippen molar-refractivity contribution in [3.8, 4) is 0 Å². The summed E-state index contributed by atoms with van der Waals surface area (Å²) >= 11 is 0. The van der Waals surface area contributed by atoms with Gasteiger partial charge in [0.1, 0.15) is 23.4 Å². The third-order valence-corrected chi connectivity index (χ3v) is 12.6. The Bertz CT molecular complexity index is 1930. The van der Waals surface area contributed by atoms with Crippen LogP contribution in [0.5, 0.6) is 0 Å². The maximum Gasteiger partial charge on any atom is 0.408 e. The van der Waals surface area contributed by atoms with Crippen LogP contribution in [0.2, 0.25) is 0 Å². The summed E-state index contributed by atoms with van der Waals surface area (Å²) in [5.74, 6) is -10.4. The average Bonchev–Trinajstić information content (AvgIpc) is 3.16. The van der Waals surface area contributed by atoms with Gasteiger partial charge in [0.15, 0.2) is 11.7 Å². The van der Waals surface area contributed by atoms with Crippen molar-refractivity contribution in [1.29, 1.82) is 0 Å². The van der Waals surface area contributed by atoms with Gasteiger partial charge in [0, 0.05) is 37.0 Å². The SMILES string of the molecule is CC(=O)O[C@@]1(CO)[C@H](O)C[C@H](O)[C@@]2(C)C(=O)C(=O)C3C(C)[C@@H](OC(=O)[C@H](O)[C@@H](NC(=O)OC(C)(C)C)c4ccccc4)C[C@@](O)([C@@H](OC(=O)c4ccccc4)[C@H]12)C3(C)C. The van der Waals surface area contributed by atoms with Crippen molar-refractivity contribution in [2.45, 2.75) is 122 Å². The second kappa shape index (κ2) is 16.4. The van der Waals surface area contributed by atoms with Crippen molar-refractivity contribution < 1.29 is 73.2 Å². The fourth-order valence-corrected chi connectivity index (χ4v) is 9.57. The normalized spacial score (nSPS) is 33.8. The number of ether oxygens (including phenoxy) is 4. The minimum Gasteiger partial charge on any atom is -0.460 e. The van der Waals surface area contributed by atoms with Crippen LogP contribution in [-0.2, 0) is 38.1 Å². The van der Waals surface area contributed by atoms with Crippen molar-refractivity contribution in [1.82, 2.24) is 5.32 Å². The topological polar surface area (TPSA) is 253 Å². The molecule has 0 heterocycles. The third-order valence-electron chi connectivity index (χ3n) is 12.6. The van der Waals surface area contributed by atoms with Gasteiger partial charge in [-0.3, -0.25) is 14.4 Å². The Labute approximate surface area is 342 Å². The molecule has 12 atom stereocenters. The van der Waals surface area contributed by atoms with E-state index in [1.54, 1.807) is 57.2 Å². The van der Waals surface area contributed by atoms with Gasteiger partial charge in [-0.15, -0.1) is 0 Å². The Balaban J connectivity index is 1.68. The van der Waals surface area contributed by atoms with E-state index >= 15 is 0 Å². The Morgan fingerprint density at radius 3 is 2.03 bits per heavy atom. The number of aliphatic hydroxyl groups is 5. The summed E-state index contributed by atoms with van der Waals surface area (Å²) in [6.45, 7) is 10.2. The molecule has 0 saturated heterocycles. The molecule has 1 amide bonds. The molecule has 16 heteroatoms. The molecule has 322 valence electrons. The molecule has 2 aromatic rings. The summed E-state index contributed by atoms with van der Waals surface area (Å²) in [5, 5.41) is 61.8. The first kappa shape index (κ1) is 45.3. The molecule has 3 saturated carbocycles. The van der Waals surface area contributed by atoms with Crippen molar-refractivity contribution in [3.05, 3.63) is 71.8 Å². The molecular weight excluding hydrogens is 770 g/mol. The van der Waals surface area contributed by atoms with Crippen LogP contribution in [0.1, 0.15) is 90.2 Å². The highest BCUT2D eigenvalue weighted by Crippen LogP contribution is 2.62. The molecule has 2 unspecified atom stereocenters. The van der Waals surface area contributed by atoms with Gasteiger partial charge in [-0.25, -0.2) is 14.4 Å². The number of carbonyl (C=O) groups is 6. The Kier molecular flexibility index (Phi) is 12.6. The highest BCUT2D eigenvalue weighted by Gasteiger charge is 2.77. The monoisotopic (exact) mass is 825 g/mol. The molecule has 3 aliphatic rings. The zero-order valence-corrected chi connectivity index (χ0v) is 34.4. The quantitative estimate of drug-likeness (QED) is 0.121. The predicted octanol–water partition coefficient (Wildman–Crippen LogP) is 2.36. The summed E-state index contributed by atoms with van der Waals surface area (Å²) in [4.78, 5) is 83.5. The fraction of sp³-hybridized carbons (Fsp3) is 0.581. The van der Waals surface area contributed by atoms with Crippen LogP contribution < -0.4 is 5.32 Å². The molecule has 16 nitrogen and oxygen atoms in total.